The van der Waals surface area contributed by atoms with Gasteiger partial charge < -0.3 is 8.98 Å². The summed E-state index contributed by atoms with van der Waals surface area (Å²) in [6.45, 7) is 11.5. The number of benzene rings is 5. The Kier molecular flexibility index (Phi) is 10.2. The van der Waals surface area contributed by atoms with Crippen molar-refractivity contribution in [2.45, 2.75) is 62.7 Å². The molecule has 0 aliphatic heterocycles. The van der Waals surface area contributed by atoms with Crippen molar-refractivity contribution in [1.29, 1.82) is 0 Å². The number of para-hydroxylation sites is 2. The molecule has 0 bridgehead atoms. The van der Waals surface area contributed by atoms with E-state index in [1.165, 1.54) is 32.2 Å². The molecule has 1 radical (unpaired) electrons. The van der Waals surface area contributed by atoms with Crippen molar-refractivity contribution < 1.29 is 24.5 Å². The molecule has 58 heavy (non-hydrogen) atoms. The minimum atomic E-state index is -1.72. The van der Waals surface area contributed by atoms with E-state index >= 15 is 0 Å². The van der Waals surface area contributed by atoms with Crippen LogP contribution in [0.4, 0.5) is 0 Å². The second-order valence-corrected chi connectivity index (χ2v) is 28.3. The van der Waals surface area contributed by atoms with Crippen LogP contribution in [0.25, 0.3) is 72.6 Å². The average Bonchev–Trinajstić information content (AvgIpc) is 3.86. The van der Waals surface area contributed by atoms with E-state index in [0.29, 0.717) is 5.71 Å². The summed E-state index contributed by atoms with van der Waals surface area (Å²) in [4.78, 5) is 14.1. The molecule has 9 aromatic rings. The first-order valence-corrected chi connectivity index (χ1v) is 27.0. The normalized spacial score (nSPS) is 13.2. The number of rotatable bonds is 4. The molecule has 0 saturated heterocycles. The number of fused-ring (bicyclic) bond motifs is 7. The molecule has 1 aliphatic carbocycles. The molecular weight excluding hydrogens is 949 g/mol. The van der Waals surface area contributed by atoms with Crippen LogP contribution >= 0.6 is 0 Å². The van der Waals surface area contributed by atoms with Gasteiger partial charge in [-0.25, -0.2) is 4.98 Å². The first kappa shape index (κ1) is 39.7. The molecule has 291 valence electrons. The van der Waals surface area contributed by atoms with E-state index in [1.807, 2.05) is 60.8 Å². The molecule has 0 unspecified atom stereocenters. The third-order valence-corrected chi connectivity index (χ3v) is 15.6. The van der Waals surface area contributed by atoms with Crippen molar-refractivity contribution in [3.05, 3.63) is 163 Å². The van der Waals surface area contributed by atoms with Gasteiger partial charge in [-0.1, -0.05) is 82.0 Å². The van der Waals surface area contributed by atoms with E-state index in [2.05, 4.69) is 145 Å². The first-order chi connectivity index (χ1) is 27.3. The standard InChI is InChI=1S/C37H30N3O.C14H16GeN.Ir/c1-36(2,3)22-15-17-24-25-18-16-23(21-30(25)37(4,5)29(24)20-22)40-32-14-7-6-13-31(32)39-34(40)28-11-8-10-26-27-12-9-19-38-35(27)41-33(26)28;1-15(2,3)13-9-10-14(16-11-13)12-7-5-4-6-8-12;/h6-10,12-21H,1-5H3;4-7,9-11H,1-3H3;/q2*-1;. The van der Waals surface area contributed by atoms with Crippen molar-refractivity contribution in [2.24, 2.45) is 0 Å². The van der Waals surface area contributed by atoms with Crippen LogP contribution in [0.15, 0.2) is 138 Å². The zero-order valence-electron chi connectivity index (χ0n) is 34.2. The number of pyridine rings is 2. The molecule has 4 aromatic heterocycles. The van der Waals surface area contributed by atoms with Crippen LogP contribution in [0.1, 0.15) is 51.3 Å². The zero-order chi connectivity index (χ0) is 39.7. The smallest absolute Gasteiger partial charge is 0 e. The molecule has 0 fully saturated rings. The van der Waals surface area contributed by atoms with Crippen LogP contribution in [0.5, 0.6) is 0 Å². The van der Waals surface area contributed by atoms with Crippen LogP contribution in [0.2, 0.25) is 17.3 Å². The fraction of sp³-hybridized carbons (Fsp3) is 0.196. The molecule has 4 heterocycles. The van der Waals surface area contributed by atoms with E-state index < -0.39 is 13.3 Å². The maximum atomic E-state index is 6.32. The van der Waals surface area contributed by atoms with Gasteiger partial charge in [-0.2, -0.15) is 0 Å². The van der Waals surface area contributed by atoms with Crippen LogP contribution in [-0.2, 0) is 30.9 Å². The van der Waals surface area contributed by atoms with E-state index in [0.717, 1.165) is 55.7 Å². The largest absolute Gasteiger partial charge is 0 e. The maximum absolute atomic E-state index is 6.32. The molecule has 0 atom stereocenters. The van der Waals surface area contributed by atoms with E-state index in [-0.39, 0.29) is 30.9 Å². The van der Waals surface area contributed by atoms with Crippen LogP contribution < -0.4 is 4.40 Å². The summed E-state index contributed by atoms with van der Waals surface area (Å²) in [6, 6.07) is 49.1. The minimum absolute atomic E-state index is 0. The molecule has 7 heteroatoms. The van der Waals surface area contributed by atoms with Gasteiger partial charge in [0.05, 0.1) is 22.4 Å². The fourth-order valence-corrected chi connectivity index (χ4v) is 10.2. The van der Waals surface area contributed by atoms with Gasteiger partial charge in [0, 0.05) is 42.8 Å². The van der Waals surface area contributed by atoms with Crippen molar-refractivity contribution in [3.63, 3.8) is 0 Å². The number of furan rings is 1. The van der Waals surface area contributed by atoms with Crippen molar-refractivity contribution in [2.75, 3.05) is 0 Å². The predicted molar refractivity (Wildman–Crippen MR) is 238 cm³/mol. The third-order valence-electron chi connectivity index (χ3n) is 11.4. The van der Waals surface area contributed by atoms with Gasteiger partial charge in [0.1, 0.15) is 0 Å². The molecule has 0 amide bonds. The second kappa shape index (κ2) is 14.9. The number of nitrogens with zero attached hydrogens (tertiary/aromatic N) is 4. The Morgan fingerprint density at radius 2 is 1.48 bits per heavy atom. The zero-order valence-corrected chi connectivity index (χ0v) is 38.7. The monoisotopic (exact) mass is 997 g/mol. The summed E-state index contributed by atoms with van der Waals surface area (Å²) in [5.41, 5.74) is 14.0. The Labute approximate surface area is 357 Å². The Balaban J connectivity index is 0.000000233. The van der Waals surface area contributed by atoms with E-state index in [1.54, 1.807) is 6.20 Å². The van der Waals surface area contributed by atoms with Crippen molar-refractivity contribution >= 4 is 50.8 Å². The van der Waals surface area contributed by atoms with Gasteiger partial charge in [-0.15, -0.1) is 18.2 Å². The Morgan fingerprint density at radius 1 is 0.724 bits per heavy atom. The topological polar surface area (TPSA) is 56.7 Å². The molecular formula is C51H46GeIrN4O-2. The van der Waals surface area contributed by atoms with Gasteiger partial charge in [0.15, 0.2) is 0 Å². The van der Waals surface area contributed by atoms with Gasteiger partial charge in [-0.05, 0) is 69.6 Å². The molecule has 5 aromatic carbocycles. The van der Waals surface area contributed by atoms with E-state index in [9.17, 15) is 0 Å². The Bertz CT molecular complexity index is 2950. The van der Waals surface area contributed by atoms with Crippen LogP contribution in [0.3, 0.4) is 0 Å². The molecule has 0 spiro atoms. The molecule has 10 rings (SSSR count). The summed E-state index contributed by atoms with van der Waals surface area (Å²) in [5.74, 6) is 7.95. The quantitative estimate of drug-likeness (QED) is 0.130. The van der Waals surface area contributed by atoms with E-state index in [4.69, 9.17) is 9.40 Å². The second-order valence-electron chi connectivity index (χ2n) is 17.6. The van der Waals surface area contributed by atoms with Gasteiger partial charge >= 0.3 is 99.8 Å². The van der Waals surface area contributed by atoms with Crippen molar-refractivity contribution in [1.82, 2.24) is 19.5 Å². The van der Waals surface area contributed by atoms with Gasteiger partial charge in [-0.3, -0.25) is 4.98 Å². The molecule has 0 saturated carbocycles. The first-order valence-electron chi connectivity index (χ1n) is 19.7. The number of imidazole rings is 1. The van der Waals surface area contributed by atoms with Crippen molar-refractivity contribution in [3.8, 4) is 39.5 Å². The maximum Gasteiger partial charge on any atom is 0 e. The third kappa shape index (κ3) is 6.95. The Hall–Kier alpha value is -5.14. The Morgan fingerprint density at radius 3 is 2.21 bits per heavy atom. The molecule has 5 nitrogen and oxygen atoms in total. The fourth-order valence-electron chi connectivity index (χ4n) is 8.08. The van der Waals surface area contributed by atoms with Crippen LogP contribution in [-0.4, -0.2) is 32.8 Å². The summed E-state index contributed by atoms with van der Waals surface area (Å²) in [6.07, 6.45) is 3.80. The van der Waals surface area contributed by atoms with Gasteiger partial charge in [0.2, 0.25) is 5.71 Å². The predicted octanol–water partition coefficient (Wildman–Crippen LogP) is 12.5. The summed E-state index contributed by atoms with van der Waals surface area (Å²) in [7, 11) is 0. The average molecular weight is 996 g/mol. The summed E-state index contributed by atoms with van der Waals surface area (Å²) < 4.78 is 10.0. The minimum Gasteiger partial charge on any atom is 0 e. The SMILES string of the molecule is CC(C)(C)c1ccc2c(c1)C(C)(C)c1cc(-n3c(-c4[c-]ccc5c4oc4ncccc45)nc4ccccc43)ccc1-2.[CH3][Ge]([CH3])([CH3])[c]1ccc(-c2[c-]cccc2)nc1.[Ir]. The number of hydrogen-bond acceptors (Lipinski definition) is 4. The number of aromatic nitrogens is 4. The molecule has 0 N–H and O–H groups in total. The molecule has 1 aliphatic rings. The summed E-state index contributed by atoms with van der Waals surface area (Å²) in [5, 5.41) is 2.01. The summed E-state index contributed by atoms with van der Waals surface area (Å²) >= 11 is -1.72. The number of hydrogen-bond donors (Lipinski definition) is 0. The van der Waals surface area contributed by atoms with Gasteiger partial charge in [0.25, 0.3) is 0 Å². The van der Waals surface area contributed by atoms with Crippen LogP contribution in [0, 0.1) is 12.1 Å².